The first kappa shape index (κ1) is 29.5. The third-order valence-corrected chi connectivity index (χ3v) is 7.76. The number of rotatable bonds is 13. The molecule has 3 N–H and O–H groups in total. The quantitative estimate of drug-likeness (QED) is 0.167. The molecule has 2 unspecified atom stereocenters. The maximum absolute atomic E-state index is 14.1. The Morgan fingerprint density at radius 1 is 1.18 bits per heavy atom. The number of ether oxygens (including phenoxy) is 2. The van der Waals surface area contributed by atoms with Crippen LogP contribution in [0.2, 0.25) is 0 Å². The van der Waals surface area contributed by atoms with Gasteiger partial charge in [0.1, 0.15) is 11.8 Å². The molecule has 0 saturated heterocycles. The second-order valence-corrected chi connectivity index (χ2v) is 12.1. The van der Waals surface area contributed by atoms with Gasteiger partial charge in [-0.15, -0.1) is 0 Å². The number of imidazole rings is 1. The fourth-order valence-corrected chi connectivity index (χ4v) is 6.02. The van der Waals surface area contributed by atoms with E-state index in [0.29, 0.717) is 35.6 Å². The van der Waals surface area contributed by atoms with Gasteiger partial charge in [0.05, 0.1) is 32.2 Å². The zero-order valence-electron chi connectivity index (χ0n) is 23.4. The number of esters is 1. The van der Waals surface area contributed by atoms with E-state index in [9.17, 15) is 9.36 Å². The van der Waals surface area contributed by atoms with Crippen LogP contribution < -0.4 is 20.1 Å². The molecule has 12 nitrogen and oxygen atoms in total. The van der Waals surface area contributed by atoms with Gasteiger partial charge in [-0.2, -0.15) is 15.1 Å². The number of anilines is 1. The Balaban J connectivity index is 1.50. The van der Waals surface area contributed by atoms with E-state index in [1.165, 1.54) is 7.11 Å². The van der Waals surface area contributed by atoms with E-state index in [1.807, 2.05) is 36.6 Å². The normalized spacial score (nSPS) is 19.2. The van der Waals surface area contributed by atoms with Gasteiger partial charge in [-0.3, -0.25) is 9.32 Å². The summed E-state index contributed by atoms with van der Waals surface area (Å²) < 4.78 is 38.5. The maximum Gasteiger partial charge on any atom is 0.459 e. The molecule has 0 spiro atoms. The number of carbonyl (C=O) groups excluding carboxylic acids is 1. The van der Waals surface area contributed by atoms with Crippen LogP contribution in [0.5, 0.6) is 11.6 Å². The highest BCUT2D eigenvalue weighted by atomic mass is 31.2. The van der Waals surface area contributed by atoms with E-state index in [0.717, 1.165) is 0 Å². The molecule has 0 fully saturated rings. The van der Waals surface area contributed by atoms with Gasteiger partial charge in [-0.05, 0) is 44.7 Å². The highest BCUT2D eigenvalue weighted by Crippen LogP contribution is 2.46. The van der Waals surface area contributed by atoms with E-state index in [1.54, 1.807) is 44.4 Å². The van der Waals surface area contributed by atoms with Crippen LogP contribution in [0.4, 0.5) is 5.95 Å². The Hall–Kier alpha value is -3.47. The molecule has 0 aliphatic heterocycles. The summed E-state index contributed by atoms with van der Waals surface area (Å²) >= 11 is 0. The molecule has 216 valence electrons. The monoisotopic (exact) mass is 572 g/mol. The van der Waals surface area contributed by atoms with Crippen molar-refractivity contribution in [1.29, 1.82) is 0 Å². The molecular weight excluding hydrogens is 535 g/mol. The molecular formula is C27H37N6O6P. The minimum atomic E-state index is -4.00. The van der Waals surface area contributed by atoms with Crippen molar-refractivity contribution in [1.82, 2.24) is 24.6 Å². The third-order valence-electron chi connectivity index (χ3n) is 6.19. The number of nitrogens with zero attached hydrogens (tertiary/aromatic N) is 4. The van der Waals surface area contributed by atoms with Crippen molar-refractivity contribution in [3.63, 3.8) is 0 Å². The smallest absolute Gasteiger partial charge is 0.459 e. The lowest BCUT2D eigenvalue weighted by Crippen LogP contribution is -2.39. The molecule has 2 aromatic heterocycles. The minimum Gasteiger partial charge on any atom is -0.479 e. The topological polar surface area (TPSA) is 153 Å². The van der Waals surface area contributed by atoms with E-state index >= 15 is 0 Å². The van der Waals surface area contributed by atoms with Crippen molar-refractivity contribution in [3.8, 4) is 11.6 Å². The number of para-hydroxylation sites is 1. The molecule has 0 saturated carbocycles. The molecule has 13 heteroatoms. The van der Waals surface area contributed by atoms with Crippen molar-refractivity contribution >= 4 is 30.8 Å². The van der Waals surface area contributed by atoms with Crippen LogP contribution in [0.1, 0.15) is 46.6 Å². The molecule has 40 heavy (non-hydrogen) atoms. The third kappa shape index (κ3) is 7.38. The molecule has 3 aromatic rings. The summed E-state index contributed by atoms with van der Waals surface area (Å²) in [6.45, 7) is 7.56. The summed E-state index contributed by atoms with van der Waals surface area (Å²) in [5, 5.41) is 2.87. The van der Waals surface area contributed by atoms with Crippen LogP contribution in [0.25, 0.3) is 11.2 Å². The number of hydrogen-bond acceptors (Lipinski definition) is 10. The Morgan fingerprint density at radius 2 is 1.93 bits per heavy atom. The maximum atomic E-state index is 14.1. The minimum absolute atomic E-state index is 0.0879. The number of benzene rings is 1. The van der Waals surface area contributed by atoms with Crippen LogP contribution in [0.3, 0.4) is 0 Å². The number of fused-ring (bicyclic) bond motifs is 1. The molecule has 1 aliphatic rings. The van der Waals surface area contributed by atoms with Crippen molar-refractivity contribution in [2.45, 2.75) is 58.7 Å². The van der Waals surface area contributed by atoms with Gasteiger partial charge < -0.3 is 24.3 Å². The number of nitrogens with one attached hydrogen (secondary N) is 1. The first-order chi connectivity index (χ1) is 19.1. The Morgan fingerprint density at radius 3 is 2.60 bits per heavy atom. The van der Waals surface area contributed by atoms with Crippen LogP contribution in [0.15, 0.2) is 48.8 Å². The van der Waals surface area contributed by atoms with Crippen molar-refractivity contribution in [2.75, 3.05) is 19.5 Å². The van der Waals surface area contributed by atoms with Gasteiger partial charge in [0.25, 0.3) is 0 Å². The summed E-state index contributed by atoms with van der Waals surface area (Å²) in [6.07, 6.45) is 6.38. The van der Waals surface area contributed by atoms with Crippen LogP contribution in [-0.2, 0) is 18.6 Å². The van der Waals surface area contributed by atoms with Gasteiger partial charge in [-0.1, -0.05) is 44.2 Å². The fraction of sp³-hybridized carbons (Fsp3) is 0.481. The van der Waals surface area contributed by atoms with Gasteiger partial charge in [0, 0.05) is 5.92 Å². The number of hydrogen-bond donors (Lipinski definition) is 2. The first-order valence-electron chi connectivity index (χ1n) is 13.3. The van der Waals surface area contributed by atoms with E-state index in [4.69, 9.17) is 24.3 Å². The molecule has 0 amide bonds. The van der Waals surface area contributed by atoms with Crippen molar-refractivity contribution in [3.05, 3.63) is 48.8 Å². The highest BCUT2D eigenvalue weighted by Gasteiger charge is 2.36. The lowest BCUT2D eigenvalue weighted by Gasteiger charge is -2.27. The van der Waals surface area contributed by atoms with Gasteiger partial charge in [0.2, 0.25) is 11.8 Å². The Labute approximate surface area is 233 Å². The second kappa shape index (κ2) is 12.8. The first-order valence-corrected chi connectivity index (χ1v) is 14.8. The molecule has 1 aliphatic carbocycles. The number of allylic oxidation sites excluding steroid dienone is 1. The SMILES string of the molecule is COc1nc(N)nc2c1ncn2[C@H]1C=CC(COP(=O)(N[C@@H](CC(C)C)C(=O)OC(C)C)Oc2ccccc2)C1. The van der Waals surface area contributed by atoms with Gasteiger partial charge in [-0.25, -0.2) is 9.55 Å². The summed E-state index contributed by atoms with van der Waals surface area (Å²) in [7, 11) is -2.50. The Bertz CT molecular complexity index is 1380. The van der Waals surface area contributed by atoms with Crippen LogP contribution >= 0.6 is 7.75 Å². The number of nitrogens with two attached hydrogens (primary N) is 1. The zero-order chi connectivity index (χ0) is 28.9. The van der Waals surface area contributed by atoms with Crippen LogP contribution in [-0.4, -0.2) is 51.4 Å². The molecule has 4 atom stereocenters. The summed E-state index contributed by atoms with van der Waals surface area (Å²) in [5.74, 6) is 0.278. The standard InChI is InChI=1S/C27H37N6O6P/c1-17(2)13-22(26(34)38-18(3)4)32-40(35,39-21-9-7-6-8-10-21)37-15-19-11-12-20(14-19)33-16-29-23-24(33)30-27(28)31-25(23)36-5/h6-12,16-20,22H,13-15H2,1-5H3,(H,32,35)(H2,28,30,31)/t19?,20-,22-,40?/m0/s1. The zero-order valence-corrected chi connectivity index (χ0v) is 24.3. The predicted molar refractivity (Wildman–Crippen MR) is 151 cm³/mol. The van der Waals surface area contributed by atoms with E-state index in [2.05, 4.69) is 20.0 Å². The Kier molecular flexibility index (Phi) is 9.44. The van der Waals surface area contributed by atoms with Gasteiger partial charge >= 0.3 is 13.7 Å². The van der Waals surface area contributed by atoms with Gasteiger partial charge in [0.15, 0.2) is 11.2 Å². The summed E-state index contributed by atoms with van der Waals surface area (Å²) in [4.78, 5) is 25.7. The van der Waals surface area contributed by atoms with Crippen molar-refractivity contribution in [2.24, 2.45) is 11.8 Å². The molecule has 1 aromatic carbocycles. The average Bonchev–Trinajstić information content (AvgIpc) is 3.53. The number of carbonyl (C=O) groups is 1. The second-order valence-electron chi connectivity index (χ2n) is 10.4. The number of methoxy groups -OCH3 is 1. The summed E-state index contributed by atoms with van der Waals surface area (Å²) in [6, 6.07) is 7.76. The molecule has 4 rings (SSSR count). The predicted octanol–water partition coefficient (Wildman–Crippen LogP) is 4.69. The fourth-order valence-electron chi connectivity index (χ4n) is 4.46. The molecule has 0 bridgehead atoms. The lowest BCUT2D eigenvalue weighted by atomic mass is 10.0. The average molecular weight is 573 g/mol. The van der Waals surface area contributed by atoms with E-state index in [-0.39, 0.29) is 36.5 Å². The lowest BCUT2D eigenvalue weighted by molar-refractivity contribution is -0.150. The number of nitrogen functional groups attached to an aromatic ring is 1. The van der Waals surface area contributed by atoms with Crippen LogP contribution in [0, 0.1) is 11.8 Å². The molecule has 2 heterocycles. The van der Waals surface area contributed by atoms with Crippen molar-refractivity contribution < 1.29 is 27.9 Å². The molecule has 0 radical (unpaired) electrons. The highest BCUT2D eigenvalue weighted by molar-refractivity contribution is 7.52. The largest absolute Gasteiger partial charge is 0.479 e. The van der Waals surface area contributed by atoms with E-state index < -0.39 is 19.8 Å². The summed E-state index contributed by atoms with van der Waals surface area (Å²) in [5.41, 5.74) is 6.93. The number of aromatic nitrogens is 4.